The van der Waals surface area contributed by atoms with Crippen LogP contribution in [0.4, 0.5) is 5.82 Å². The van der Waals surface area contributed by atoms with E-state index in [9.17, 15) is 4.79 Å². The van der Waals surface area contributed by atoms with Crippen molar-refractivity contribution in [2.45, 2.75) is 19.9 Å². The van der Waals surface area contributed by atoms with E-state index in [1.165, 1.54) is 6.33 Å². The fourth-order valence-corrected chi connectivity index (χ4v) is 1.37. The topological polar surface area (TPSA) is 75.1 Å². The molecular formula is C10H14ClN3O2. The molecule has 0 spiro atoms. The third-order valence-corrected chi connectivity index (χ3v) is 2.58. The molecule has 0 saturated carbocycles. The summed E-state index contributed by atoms with van der Waals surface area (Å²) in [5.74, 6) is 0.556. The Morgan fingerprint density at radius 1 is 1.56 bits per heavy atom. The van der Waals surface area contributed by atoms with Gasteiger partial charge in [0.2, 0.25) is 0 Å². The Kier molecular flexibility index (Phi) is 4.64. The van der Waals surface area contributed by atoms with Crippen LogP contribution in [0.3, 0.4) is 0 Å². The molecule has 5 nitrogen and oxygen atoms in total. The molecule has 0 radical (unpaired) electrons. The number of aliphatic hydroxyl groups is 1. The lowest BCUT2D eigenvalue weighted by Crippen LogP contribution is -2.30. The average Bonchev–Trinajstić information content (AvgIpc) is 2.25. The van der Waals surface area contributed by atoms with Crippen LogP contribution in [-0.2, 0) is 0 Å². The Balaban J connectivity index is 2.96. The van der Waals surface area contributed by atoms with Gasteiger partial charge < -0.3 is 10.4 Å². The molecule has 0 bridgehead atoms. The molecule has 2 N–H and O–H groups in total. The van der Waals surface area contributed by atoms with Gasteiger partial charge in [-0.05, 0) is 5.92 Å². The number of anilines is 1. The van der Waals surface area contributed by atoms with Crippen molar-refractivity contribution in [2.75, 3.05) is 11.9 Å². The van der Waals surface area contributed by atoms with E-state index < -0.39 is 0 Å². The fourth-order valence-electron chi connectivity index (χ4n) is 1.19. The monoisotopic (exact) mass is 243 g/mol. The molecule has 1 heterocycles. The number of aliphatic hydroxyl groups excluding tert-OH is 1. The number of carbonyl (C=O) groups excluding carboxylic acids is 1. The van der Waals surface area contributed by atoms with E-state index >= 15 is 0 Å². The van der Waals surface area contributed by atoms with Crippen molar-refractivity contribution in [1.82, 2.24) is 9.97 Å². The highest BCUT2D eigenvalue weighted by Crippen LogP contribution is 2.19. The van der Waals surface area contributed by atoms with Gasteiger partial charge >= 0.3 is 0 Å². The van der Waals surface area contributed by atoms with Crippen molar-refractivity contribution in [3.05, 3.63) is 17.0 Å². The first-order valence-electron chi connectivity index (χ1n) is 4.93. The summed E-state index contributed by atoms with van der Waals surface area (Å²) in [6.45, 7) is 3.87. The number of hydrogen-bond acceptors (Lipinski definition) is 5. The summed E-state index contributed by atoms with van der Waals surface area (Å²) in [5.41, 5.74) is 0.211. The highest BCUT2D eigenvalue weighted by atomic mass is 35.5. The molecule has 0 aliphatic rings. The summed E-state index contributed by atoms with van der Waals surface area (Å²) in [6, 6.07) is -0.176. The molecule has 1 unspecified atom stereocenters. The zero-order valence-corrected chi connectivity index (χ0v) is 9.90. The molecule has 0 aromatic carbocycles. The molecule has 0 aliphatic heterocycles. The molecule has 1 aromatic heterocycles. The highest BCUT2D eigenvalue weighted by molar-refractivity contribution is 6.32. The number of nitrogens with zero attached hydrogens (tertiary/aromatic N) is 2. The summed E-state index contributed by atoms with van der Waals surface area (Å²) in [7, 11) is 0. The SMILES string of the molecule is CC(C)C(CO)Nc1ncnc(Cl)c1C=O. The molecule has 1 atom stereocenters. The molecule has 16 heavy (non-hydrogen) atoms. The fraction of sp³-hybridized carbons (Fsp3) is 0.500. The van der Waals surface area contributed by atoms with Crippen LogP contribution in [-0.4, -0.2) is 34.0 Å². The van der Waals surface area contributed by atoms with Gasteiger partial charge in [-0.15, -0.1) is 0 Å². The van der Waals surface area contributed by atoms with Crippen LogP contribution in [0.2, 0.25) is 5.15 Å². The van der Waals surface area contributed by atoms with Gasteiger partial charge in [-0.3, -0.25) is 4.79 Å². The van der Waals surface area contributed by atoms with Gasteiger partial charge in [0.05, 0.1) is 18.2 Å². The van der Waals surface area contributed by atoms with Gasteiger partial charge in [-0.25, -0.2) is 9.97 Å². The van der Waals surface area contributed by atoms with Crippen molar-refractivity contribution in [3.63, 3.8) is 0 Å². The van der Waals surface area contributed by atoms with Crippen molar-refractivity contribution in [1.29, 1.82) is 0 Å². The first-order chi connectivity index (χ1) is 7.60. The molecule has 88 valence electrons. The largest absolute Gasteiger partial charge is 0.394 e. The average molecular weight is 244 g/mol. The maximum atomic E-state index is 10.8. The Hall–Kier alpha value is -1.20. The van der Waals surface area contributed by atoms with Crippen LogP contribution in [0.5, 0.6) is 0 Å². The van der Waals surface area contributed by atoms with Crippen LogP contribution in [0.15, 0.2) is 6.33 Å². The number of halogens is 1. The zero-order chi connectivity index (χ0) is 12.1. The minimum absolute atomic E-state index is 0.0441. The van der Waals surface area contributed by atoms with Gasteiger partial charge in [0.15, 0.2) is 6.29 Å². The van der Waals surface area contributed by atoms with E-state index in [0.717, 1.165) is 0 Å². The Bertz CT molecular complexity index is 371. The second-order valence-electron chi connectivity index (χ2n) is 3.72. The van der Waals surface area contributed by atoms with E-state index in [0.29, 0.717) is 12.1 Å². The molecule has 0 amide bonds. The molecule has 6 heteroatoms. The molecule has 0 fully saturated rings. The maximum absolute atomic E-state index is 10.8. The minimum atomic E-state index is -0.176. The number of rotatable bonds is 5. The smallest absolute Gasteiger partial charge is 0.156 e. The second-order valence-corrected chi connectivity index (χ2v) is 4.08. The lowest BCUT2D eigenvalue weighted by atomic mass is 10.1. The molecule has 0 aliphatic carbocycles. The van der Waals surface area contributed by atoms with Gasteiger partial charge in [-0.2, -0.15) is 0 Å². The van der Waals surface area contributed by atoms with Crippen LogP contribution >= 0.6 is 11.6 Å². The second kappa shape index (κ2) is 5.77. The first-order valence-corrected chi connectivity index (χ1v) is 5.31. The molecular weight excluding hydrogens is 230 g/mol. The van der Waals surface area contributed by atoms with Gasteiger partial charge in [0.1, 0.15) is 17.3 Å². The van der Waals surface area contributed by atoms with Crippen molar-refractivity contribution < 1.29 is 9.90 Å². The first kappa shape index (κ1) is 12.9. The summed E-state index contributed by atoms with van der Waals surface area (Å²) >= 11 is 5.75. The number of nitrogens with one attached hydrogen (secondary N) is 1. The van der Waals surface area contributed by atoms with E-state index in [1.54, 1.807) is 0 Å². The van der Waals surface area contributed by atoms with Crippen LogP contribution in [0, 0.1) is 5.92 Å². The van der Waals surface area contributed by atoms with E-state index in [2.05, 4.69) is 15.3 Å². The number of aromatic nitrogens is 2. The summed E-state index contributed by atoms with van der Waals surface area (Å²) in [5, 5.41) is 12.2. The van der Waals surface area contributed by atoms with E-state index in [1.807, 2.05) is 13.8 Å². The normalized spacial score (nSPS) is 12.6. The van der Waals surface area contributed by atoms with Crippen molar-refractivity contribution in [3.8, 4) is 0 Å². The van der Waals surface area contributed by atoms with Crippen LogP contribution < -0.4 is 5.32 Å². The summed E-state index contributed by atoms with van der Waals surface area (Å²) in [6.07, 6.45) is 1.87. The van der Waals surface area contributed by atoms with Crippen LogP contribution in [0.25, 0.3) is 0 Å². The number of hydrogen-bond donors (Lipinski definition) is 2. The highest BCUT2D eigenvalue weighted by Gasteiger charge is 2.16. The Morgan fingerprint density at radius 2 is 2.25 bits per heavy atom. The lowest BCUT2D eigenvalue weighted by molar-refractivity contribution is 0.112. The third-order valence-electron chi connectivity index (χ3n) is 2.28. The van der Waals surface area contributed by atoms with Crippen molar-refractivity contribution in [2.24, 2.45) is 5.92 Å². The molecule has 1 rings (SSSR count). The predicted octanol–water partition coefficient (Wildman–Crippen LogP) is 1.37. The quantitative estimate of drug-likeness (QED) is 0.604. The Labute approximate surface area is 98.9 Å². The van der Waals surface area contributed by atoms with Gasteiger partial charge in [-0.1, -0.05) is 25.4 Å². The third kappa shape index (κ3) is 2.90. The van der Waals surface area contributed by atoms with Crippen LogP contribution in [0.1, 0.15) is 24.2 Å². The minimum Gasteiger partial charge on any atom is -0.394 e. The summed E-state index contributed by atoms with van der Waals surface area (Å²) < 4.78 is 0. The summed E-state index contributed by atoms with van der Waals surface area (Å²) in [4.78, 5) is 18.5. The van der Waals surface area contributed by atoms with Crippen molar-refractivity contribution >= 4 is 23.7 Å². The molecule has 0 saturated heterocycles. The number of aldehydes is 1. The molecule has 1 aromatic rings. The maximum Gasteiger partial charge on any atom is 0.156 e. The van der Waals surface area contributed by atoms with E-state index in [-0.39, 0.29) is 29.3 Å². The zero-order valence-electron chi connectivity index (χ0n) is 9.14. The standard InChI is InChI=1S/C10H14ClN3O2/c1-6(2)8(4-16)14-10-7(3-15)9(11)12-5-13-10/h3,5-6,8,16H,4H2,1-2H3,(H,12,13,14). The predicted molar refractivity (Wildman–Crippen MR) is 61.8 cm³/mol. The van der Waals surface area contributed by atoms with Gasteiger partial charge in [0.25, 0.3) is 0 Å². The van der Waals surface area contributed by atoms with E-state index in [4.69, 9.17) is 16.7 Å². The number of carbonyl (C=O) groups is 1. The Morgan fingerprint density at radius 3 is 2.75 bits per heavy atom. The lowest BCUT2D eigenvalue weighted by Gasteiger charge is -2.21. The van der Waals surface area contributed by atoms with Gasteiger partial charge in [0, 0.05) is 0 Å².